The third-order valence-corrected chi connectivity index (χ3v) is 5.56. The van der Waals surface area contributed by atoms with E-state index in [9.17, 15) is 9.90 Å². The summed E-state index contributed by atoms with van der Waals surface area (Å²) in [5, 5.41) is 12.3. The van der Waals surface area contributed by atoms with Crippen molar-refractivity contribution in [1.29, 1.82) is 0 Å². The van der Waals surface area contributed by atoms with E-state index in [1.54, 1.807) is 4.90 Å². The van der Waals surface area contributed by atoms with Crippen molar-refractivity contribution >= 4 is 33.2 Å². The predicted molar refractivity (Wildman–Crippen MR) is 84.3 cm³/mol. The first-order chi connectivity index (χ1) is 10.2. The SMILES string of the molecule is [O]c1c(C(=O)N2CCOCC2)sc(-c2ccccc2)c1Br. The van der Waals surface area contributed by atoms with Gasteiger partial charge in [-0.05, 0) is 21.5 Å². The minimum Gasteiger partial charge on any atom is -0.378 e. The van der Waals surface area contributed by atoms with Gasteiger partial charge in [-0.3, -0.25) is 9.90 Å². The van der Waals surface area contributed by atoms with Gasteiger partial charge in [-0.25, -0.2) is 0 Å². The second-order valence-electron chi connectivity index (χ2n) is 4.67. The van der Waals surface area contributed by atoms with Crippen LogP contribution in [0.3, 0.4) is 0 Å². The Morgan fingerprint density at radius 1 is 1.19 bits per heavy atom. The third kappa shape index (κ3) is 2.84. The third-order valence-electron chi connectivity index (χ3n) is 3.34. The maximum atomic E-state index is 12.5. The average Bonchev–Trinajstić information content (AvgIpc) is 2.84. The molecule has 0 N–H and O–H groups in total. The summed E-state index contributed by atoms with van der Waals surface area (Å²) in [7, 11) is 0. The Bertz CT molecular complexity index is 650. The van der Waals surface area contributed by atoms with Gasteiger partial charge in [0.15, 0.2) is 0 Å². The van der Waals surface area contributed by atoms with Crippen LogP contribution in [0.15, 0.2) is 34.8 Å². The summed E-state index contributed by atoms with van der Waals surface area (Å²) in [6.45, 7) is 2.12. The number of morpholine rings is 1. The van der Waals surface area contributed by atoms with Crippen LogP contribution in [0.1, 0.15) is 9.67 Å². The highest BCUT2D eigenvalue weighted by molar-refractivity contribution is 9.10. The molecule has 1 saturated heterocycles. The van der Waals surface area contributed by atoms with Crippen LogP contribution in [-0.2, 0) is 9.84 Å². The van der Waals surface area contributed by atoms with Crippen LogP contribution < -0.4 is 0 Å². The zero-order valence-electron chi connectivity index (χ0n) is 11.2. The molecular formula is C15H13BrNO3S. The lowest BCUT2D eigenvalue weighted by Crippen LogP contribution is -2.40. The van der Waals surface area contributed by atoms with E-state index in [-0.39, 0.29) is 16.5 Å². The number of ether oxygens (including phenoxy) is 1. The number of hydrogen-bond acceptors (Lipinski definition) is 3. The van der Waals surface area contributed by atoms with E-state index < -0.39 is 0 Å². The summed E-state index contributed by atoms with van der Waals surface area (Å²) < 4.78 is 5.70. The maximum absolute atomic E-state index is 12.5. The Morgan fingerprint density at radius 2 is 1.86 bits per heavy atom. The van der Waals surface area contributed by atoms with Gasteiger partial charge < -0.3 is 9.64 Å². The molecule has 109 valence electrons. The second-order valence-corrected chi connectivity index (χ2v) is 6.49. The second kappa shape index (κ2) is 6.17. The molecule has 21 heavy (non-hydrogen) atoms. The molecule has 6 heteroatoms. The molecule has 1 aliphatic heterocycles. The van der Waals surface area contributed by atoms with Crippen molar-refractivity contribution in [3.05, 3.63) is 39.7 Å². The van der Waals surface area contributed by atoms with Crippen LogP contribution in [0.5, 0.6) is 5.75 Å². The van der Waals surface area contributed by atoms with E-state index in [0.29, 0.717) is 30.8 Å². The Balaban J connectivity index is 1.95. The van der Waals surface area contributed by atoms with Gasteiger partial charge in [0.2, 0.25) is 5.75 Å². The van der Waals surface area contributed by atoms with Crippen molar-refractivity contribution in [1.82, 2.24) is 4.90 Å². The molecule has 2 aromatic rings. The molecule has 1 aliphatic rings. The summed E-state index contributed by atoms with van der Waals surface area (Å²) in [4.78, 5) is 15.2. The lowest BCUT2D eigenvalue weighted by molar-refractivity contribution is 0.0303. The van der Waals surface area contributed by atoms with Gasteiger partial charge in [-0.1, -0.05) is 30.3 Å². The number of amides is 1. The molecule has 1 fully saturated rings. The number of hydrogen-bond donors (Lipinski definition) is 0. The molecule has 1 radical (unpaired) electrons. The summed E-state index contributed by atoms with van der Waals surface area (Å²) in [6.07, 6.45) is 0. The fourth-order valence-corrected chi connectivity index (χ4v) is 4.07. The van der Waals surface area contributed by atoms with Crippen LogP contribution in [0, 0.1) is 0 Å². The minimum absolute atomic E-state index is 0.198. The monoisotopic (exact) mass is 366 g/mol. The molecule has 1 aromatic carbocycles. The molecule has 0 bridgehead atoms. The van der Waals surface area contributed by atoms with E-state index in [4.69, 9.17) is 4.74 Å². The molecule has 0 aliphatic carbocycles. The summed E-state index contributed by atoms with van der Waals surface area (Å²) in [5.41, 5.74) is 0.938. The first-order valence-corrected chi connectivity index (χ1v) is 8.21. The molecular weight excluding hydrogens is 354 g/mol. The largest absolute Gasteiger partial charge is 0.378 e. The average molecular weight is 367 g/mol. The molecule has 0 unspecified atom stereocenters. The fraction of sp³-hybridized carbons (Fsp3) is 0.267. The van der Waals surface area contributed by atoms with Crippen molar-refractivity contribution in [3.63, 3.8) is 0 Å². The topological polar surface area (TPSA) is 49.4 Å². The minimum atomic E-state index is -0.227. The Hall–Kier alpha value is -1.37. The van der Waals surface area contributed by atoms with Crippen molar-refractivity contribution in [2.45, 2.75) is 0 Å². The lowest BCUT2D eigenvalue weighted by atomic mass is 10.2. The van der Waals surface area contributed by atoms with Gasteiger partial charge in [0, 0.05) is 13.1 Å². The van der Waals surface area contributed by atoms with Crippen molar-refractivity contribution in [2.24, 2.45) is 0 Å². The molecule has 0 saturated carbocycles. The van der Waals surface area contributed by atoms with Crippen LogP contribution in [0.4, 0.5) is 0 Å². The van der Waals surface area contributed by atoms with Gasteiger partial charge >= 0.3 is 0 Å². The Kier molecular flexibility index (Phi) is 4.28. The standard InChI is InChI=1S/C15H13BrNO3S/c16-11-12(18)14(15(19)17-6-8-20-9-7-17)21-13(11)10-4-2-1-3-5-10/h1-5H,6-9H2. The van der Waals surface area contributed by atoms with Crippen LogP contribution in [0.2, 0.25) is 0 Å². The number of benzene rings is 1. The van der Waals surface area contributed by atoms with E-state index in [1.165, 1.54) is 11.3 Å². The molecule has 3 rings (SSSR count). The zero-order chi connectivity index (χ0) is 14.8. The maximum Gasteiger partial charge on any atom is 0.268 e. The van der Waals surface area contributed by atoms with E-state index >= 15 is 0 Å². The van der Waals surface area contributed by atoms with Gasteiger partial charge in [0.05, 0.1) is 22.6 Å². The Morgan fingerprint density at radius 3 is 2.52 bits per heavy atom. The fourth-order valence-electron chi connectivity index (χ4n) is 2.22. The number of halogens is 1. The highest BCUT2D eigenvalue weighted by Gasteiger charge is 2.28. The van der Waals surface area contributed by atoms with E-state index in [0.717, 1.165) is 10.4 Å². The van der Waals surface area contributed by atoms with Crippen molar-refractivity contribution in [3.8, 4) is 16.2 Å². The highest BCUT2D eigenvalue weighted by Crippen LogP contribution is 2.45. The lowest BCUT2D eigenvalue weighted by Gasteiger charge is -2.26. The van der Waals surface area contributed by atoms with Gasteiger partial charge in [0.25, 0.3) is 5.91 Å². The van der Waals surface area contributed by atoms with Gasteiger partial charge in [-0.15, -0.1) is 11.3 Å². The molecule has 1 amide bonds. The van der Waals surface area contributed by atoms with Gasteiger partial charge in [-0.2, -0.15) is 0 Å². The smallest absolute Gasteiger partial charge is 0.268 e. The quantitative estimate of drug-likeness (QED) is 0.811. The van der Waals surface area contributed by atoms with Crippen molar-refractivity contribution < 1.29 is 14.6 Å². The van der Waals surface area contributed by atoms with E-state index in [1.807, 2.05) is 30.3 Å². The molecule has 2 heterocycles. The summed E-state index contributed by atoms with van der Waals surface area (Å²) in [5.74, 6) is -0.425. The number of rotatable bonds is 2. The summed E-state index contributed by atoms with van der Waals surface area (Å²) in [6, 6.07) is 9.60. The molecule has 4 nitrogen and oxygen atoms in total. The molecule has 0 spiro atoms. The Labute approximate surface area is 135 Å². The van der Waals surface area contributed by atoms with Crippen molar-refractivity contribution in [2.75, 3.05) is 26.3 Å². The molecule has 0 atom stereocenters. The van der Waals surface area contributed by atoms with Crippen LogP contribution in [0.25, 0.3) is 10.4 Å². The van der Waals surface area contributed by atoms with Crippen LogP contribution in [-0.4, -0.2) is 37.1 Å². The summed E-state index contributed by atoms with van der Waals surface area (Å²) >= 11 is 4.58. The number of carbonyl (C=O) groups excluding carboxylic acids is 1. The number of thiophene rings is 1. The van der Waals surface area contributed by atoms with Crippen LogP contribution >= 0.6 is 27.3 Å². The first-order valence-electron chi connectivity index (χ1n) is 6.60. The number of nitrogens with zero attached hydrogens (tertiary/aromatic N) is 1. The van der Waals surface area contributed by atoms with E-state index in [2.05, 4.69) is 15.9 Å². The predicted octanol–water partition coefficient (Wildman–Crippen LogP) is 3.79. The normalized spacial score (nSPS) is 15.2. The first kappa shape index (κ1) is 14.6. The number of carbonyl (C=O) groups is 1. The highest BCUT2D eigenvalue weighted by atomic mass is 79.9. The molecule has 1 aromatic heterocycles. The zero-order valence-corrected chi connectivity index (χ0v) is 13.6. The van der Waals surface area contributed by atoms with Gasteiger partial charge in [0.1, 0.15) is 4.88 Å².